The lowest BCUT2D eigenvalue weighted by molar-refractivity contribution is -0.139. The number of aryl methyl sites for hydroxylation is 1. The lowest BCUT2D eigenvalue weighted by Gasteiger charge is -2.26. The van der Waals surface area contributed by atoms with Gasteiger partial charge in [0.15, 0.2) is 0 Å². The number of ether oxygens (including phenoxy) is 1. The van der Waals surface area contributed by atoms with E-state index in [1.54, 1.807) is 0 Å². The highest BCUT2D eigenvalue weighted by Crippen LogP contribution is 2.19. The molecule has 1 rings (SSSR count). The summed E-state index contributed by atoms with van der Waals surface area (Å²) in [6.45, 7) is 5.49. The van der Waals surface area contributed by atoms with Gasteiger partial charge in [0.25, 0.3) is 0 Å². The molecule has 0 saturated carbocycles. The van der Waals surface area contributed by atoms with Crippen LogP contribution in [0, 0.1) is 0 Å². The third-order valence-electron chi connectivity index (χ3n) is 3.49. The molecule has 0 unspecified atom stereocenters. The van der Waals surface area contributed by atoms with Crippen molar-refractivity contribution in [2.75, 3.05) is 0 Å². The first-order valence-corrected chi connectivity index (χ1v) is 8.18. The maximum atomic E-state index is 11.9. The largest absolute Gasteiger partial charge is 0.480 e. The van der Waals surface area contributed by atoms with Crippen LogP contribution < -0.4 is 5.32 Å². The van der Waals surface area contributed by atoms with Crippen LogP contribution in [0.4, 0.5) is 4.79 Å². The molecule has 0 heterocycles. The van der Waals surface area contributed by atoms with Gasteiger partial charge in [-0.3, -0.25) is 0 Å². The maximum absolute atomic E-state index is 11.9. The molecule has 5 nitrogen and oxygen atoms in total. The monoisotopic (exact) mass is 339 g/mol. The molecule has 0 aliphatic rings. The summed E-state index contributed by atoms with van der Waals surface area (Å²) in [4.78, 5) is 23.9. The number of aliphatic carboxylic acids is 1. The quantitative estimate of drug-likeness (QED) is 0.632. The molecule has 1 aromatic rings. The zero-order valence-corrected chi connectivity index (χ0v) is 14.7. The van der Waals surface area contributed by atoms with Crippen LogP contribution in [0.1, 0.15) is 45.6 Å². The molecule has 0 aromatic heterocycles. The first kappa shape index (κ1) is 19.4. The number of thiol groups is 1. The van der Waals surface area contributed by atoms with E-state index in [1.165, 1.54) is 0 Å². The molecule has 1 amide bonds. The summed E-state index contributed by atoms with van der Waals surface area (Å²) in [5.41, 5.74) is 0.452. The number of carbonyl (C=O) groups excluding carboxylic acids is 1. The van der Waals surface area contributed by atoms with E-state index in [9.17, 15) is 9.59 Å². The molecule has 1 aromatic carbocycles. The number of carboxylic acids is 1. The van der Waals surface area contributed by atoms with Crippen molar-refractivity contribution in [3.63, 3.8) is 0 Å². The lowest BCUT2D eigenvalue weighted by atomic mass is 9.98. The Kier molecular flexibility index (Phi) is 7.42. The van der Waals surface area contributed by atoms with Crippen LogP contribution in [0.5, 0.6) is 0 Å². The third kappa shape index (κ3) is 7.41. The summed E-state index contributed by atoms with van der Waals surface area (Å²) < 4.78 is 5.38. The van der Waals surface area contributed by atoms with E-state index in [1.807, 2.05) is 45.0 Å². The molecule has 2 N–H and O–H groups in total. The minimum absolute atomic E-state index is 0.376. The number of hydrogen-bond acceptors (Lipinski definition) is 4. The minimum atomic E-state index is -1.05. The molecule has 0 saturated heterocycles. The number of carboxylic acid groups (broad SMARTS) is 1. The van der Waals surface area contributed by atoms with Crippen LogP contribution in [0.2, 0.25) is 0 Å². The molecule has 1 atom stereocenters. The Hall–Kier alpha value is -1.69. The number of amides is 1. The maximum Gasteiger partial charge on any atom is 0.408 e. The molecule has 0 bridgehead atoms. The number of alkyl carbamates (subject to hydrolysis) is 1. The van der Waals surface area contributed by atoms with Crippen molar-refractivity contribution in [2.45, 2.75) is 63.0 Å². The van der Waals surface area contributed by atoms with E-state index in [0.29, 0.717) is 19.3 Å². The topological polar surface area (TPSA) is 75.6 Å². The second kappa shape index (κ2) is 8.82. The van der Waals surface area contributed by atoms with Gasteiger partial charge in [0.2, 0.25) is 0 Å². The number of nitrogens with one attached hydrogen (secondary N) is 1. The first-order chi connectivity index (χ1) is 10.7. The van der Waals surface area contributed by atoms with E-state index in [0.717, 1.165) is 16.9 Å². The van der Waals surface area contributed by atoms with Crippen LogP contribution in [0.25, 0.3) is 0 Å². The zero-order valence-electron chi connectivity index (χ0n) is 13.8. The van der Waals surface area contributed by atoms with E-state index >= 15 is 0 Å². The van der Waals surface area contributed by atoms with Crippen molar-refractivity contribution in [2.24, 2.45) is 0 Å². The molecular formula is C17H25NO4S. The molecule has 0 fully saturated rings. The first-order valence-electron chi connectivity index (χ1n) is 7.73. The Morgan fingerprint density at radius 2 is 1.91 bits per heavy atom. The SMILES string of the molecule is CCC[C@@H](NC(=O)OC(C)(C)CCc1ccc(S)cc1)C(=O)O. The van der Waals surface area contributed by atoms with Crippen LogP contribution in [0.15, 0.2) is 29.2 Å². The van der Waals surface area contributed by atoms with Crippen molar-refractivity contribution in [1.29, 1.82) is 0 Å². The second-order valence-corrected chi connectivity index (χ2v) is 6.66. The number of benzene rings is 1. The summed E-state index contributed by atoms with van der Waals surface area (Å²) in [5, 5.41) is 11.5. The number of rotatable bonds is 8. The van der Waals surface area contributed by atoms with E-state index < -0.39 is 23.7 Å². The van der Waals surface area contributed by atoms with E-state index in [2.05, 4.69) is 17.9 Å². The smallest absolute Gasteiger partial charge is 0.408 e. The van der Waals surface area contributed by atoms with Gasteiger partial charge < -0.3 is 15.2 Å². The van der Waals surface area contributed by atoms with Crippen molar-refractivity contribution in [3.8, 4) is 0 Å². The van der Waals surface area contributed by atoms with Gasteiger partial charge in [0.1, 0.15) is 11.6 Å². The second-order valence-electron chi connectivity index (χ2n) is 6.14. The fraction of sp³-hybridized carbons (Fsp3) is 0.529. The highest BCUT2D eigenvalue weighted by Gasteiger charge is 2.26. The molecule has 6 heteroatoms. The average Bonchev–Trinajstić information content (AvgIpc) is 2.45. The van der Waals surface area contributed by atoms with Crippen molar-refractivity contribution in [3.05, 3.63) is 29.8 Å². The van der Waals surface area contributed by atoms with Gasteiger partial charge in [-0.1, -0.05) is 25.5 Å². The van der Waals surface area contributed by atoms with Gasteiger partial charge in [0, 0.05) is 4.90 Å². The predicted molar refractivity (Wildman–Crippen MR) is 92.0 cm³/mol. The average molecular weight is 339 g/mol. The van der Waals surface area contributed by atoms with Gasteiger partial charge in [-0.05, 0) is 50.8 Å². The third-order valence-corrected chi connectivity index (χ3v) is 3.79. The predicted octanol–water partition coefficient (Wildman–Crippen LogP) is 3.67. The van der Waals surface area contributed by atoms with Crippen molar-refractivity contribution >= 4 is 24.7 Å². The number of hydrogen-bond donors (Lipinski definition) is 3. The van der Waals surface area contributed by atoms with Gasteiger partial charge >= 0.3 is 12.1 Å². The molecule has 0 aliphatic carbocycles. The van der Waals surface area contributed by atoms with Crippen LogP contribution in [-0.2, 0) is 16.0 Å². The highest BCUT2D eigenvalue weighted by molar-refractivity contribution is 7.80. The summed E-state index contributed by atoms with van der Waals surface area (Å²) in [6, 6.07) is 6.90. The van der Waals surface area contributed by atoms with Gasteiger partial charge in [0.05, 0.1) is 0 Å². The standard InChI is InChI=1S/C17H25NO4S/c1-4-5-14(15(19)20)18-16(21)22-17(2,3)11-10-12-6-8-13(23)9-7-12/h6-9,14,23H,4-5,10-11H2,1-3H3,(H,18,21)(H,19,20)/t14-/m1/s1. The fourth-order valence-corrected chi connectivity index (χ4v) is 2.28. The Morgan fingerprint density at radius 1 is 1.30 bits per heavy atom. The molecule has 0 radical (unpaired) electrons. The Labute approximate surface area is 142 Å². The van der Waals surface area contributed by atoms with E-state index in [4.69, 9.17) is 9.84 Å². The van der Waals surface area contributed by atoms with Crippen molar-refractivity contribution < 1.29 is 19.4 Å². The molecule has 0 aliphatic heterocycles. The fourth-order valence-electron chi connectivity index (χ4n) is 2.13. The number of carbonyl (C=O) groups is 2. The van der Waals surface area contributed by atoms with Crippen LogP contribution in [0.3, 0.4) is 0 Å². The molecular weight excluding hydrogens is 314 g/mol. The Morgan fingerprint density at radius 3 is 2.43 bits per heavy atom. The summed E-state index contributed by atoms with van der Waals surface area (Å²) in [5.74, 6) is -1.05. The van der Waals surface area contributed by atoms with Gasteiger partial charge in [-0.25, -0.2) is 9.59 Å². The normalized spacial score (nSPS) is 12.5. The summed E-state index contributed by atoms with van der Waals surface area (Å²) >= 11 is 4.24. The summed E-state index contributed by atoms with van der Waals surface area (Å²) in [7, 11) is 0. The molecule has 128 valence electrons. The molecule has 0 spiro atoms. The summed E-state index contributed by atoms with van der Waals surface area (Å²) in [6.07, 6.45) is 1.74. The zero-order chi connectivity index (χ0) is 17.5. The van der Waals surface area contributed by atoms with Crippen LogP contribution in [-0.4, -0.2) is 28.8 Å². The minimum Gasteiger partial charge on any atom is -0.480 e. The Bertz CT molecular complexity index is 528. The van der Waals surface area contributed by atoms with Gasteiger partial charge in [-0.15, -0.1) is 12.6 Å². The van der Waals surface area contributed by atoms with Crippen molar-refractivity contribution in [1.82, 2.24) is 5.32 Å². The van der Waals surface area contributed by atoms with Crippen LogP contribution >= 0.6 is 12.6 Å². The van der Waals surface area contributed by atoms with E-state index in [-0.39, 0.29) is 0 Å². The van der Waals surface area contributed by atoms with Gasteiger partial charge in [-0.2, -0.15) is 0 Å². The Balaban J connectivity index is 2.51. The molecule has 23 heavy (non-hydrogen) atoms. The lowest BCUT2D eigenvalue weighted by Crippen LogP contribution is -2.44. The highest BCUT2D eigenvalue weighted by atomic mass is 32.1.